The number of amides is 1. The molecule has 0 unspecified atom stereocenters. The van der Waals surface area contributed by atoms with Crippen molar-refractivity contribution in [3.8, 4) is 11.8 Å². The Morgan fingerprint density at radius 1 is 1.13 bits per heavy atom. The molecule has 0 aliphatic heterocycles. The Bertz CT molecular complexity index is 1190. The summed E-state index contributed by atoms with van der Waals surface area (Å²) in [5.74, 6) is -0.247. The predicted molar refractivity (Wildman–Crippen MR) is 118 cm³/mol. The van der Waals surface area contributed by atoms with E-state index in [4.69, 9.17) is 16.3 Å². The lowest BCUT2D eigenvalue weighted by Crippen LogP contribution is -2.14. The number of nitro benzene ring substituents is 1. The SMILES string of the molecule is N#C/C(=C/c1ccccc1OCc1ccccc1)C(=O)Nc1cc([N+](=O)[O-])ccc1Cl. The molecule has 0 bridgehead atoms. The first-order valence-corrected chi connectivity index (χ1v) is 9.48. The highest BCUT2D eigenvalue weighted by Crippen LogP contribution is 2.28. The molecule has 0 fully saturated rings. The van der Waals surface area contributed by atoms with Gasteiger partial charge in [-0.05, 0) is 23.8 Å². The van der Waals surface area contributed by atoms with E-state index in [1.165, 1.54) is 18.2 Å². The van der Waals surface area contributed by atoms with Crippen molar-refractivity contribution in [3.05, 3.63) is 105 Å². The van der Waals surface area contributed by atoms with Crippen LogP contribution in [0.4, 0.5) is 11.4 Å². The van der Waals surface area contributed by atoms with Crippen LogP contribution >= 0.6 is 11.6 Å². The molecule has 1 N–H and O–H groups in total. The van der Waals surface area contributed by atoms with E-state index in [2.05, 4.69) is 5.32 Å². The number of nitro groups is 1. The molecule has 0 aliphatic carbocycles. The number of non-ortho nitro benzene ring substituents is 1. The van der Waals surface area contributed by atoms with Gasteiger partial charge in [0.25, 0.3) is 11.6 Å². The van der Waals surface area contributed by atoms with Crippen LogP contribution in [-0.4, -0.2) is 10.8 Å². The Morgan fingerprint density at radius 2 is 1.84 bits per heavy atom. The summed E-state index contributed by atoms with van der Waals surface area (Å²) in [6.07, 6.45) is 1.39. The lowest BCUT2D eigenvalue weighted by atomic mass is 10.1. The number of benzene rings is 3. The third-order valence-corrected chi connectivity index (χ3v) is 4.56. The van der Waals surface area contributed by atoms with Gasteiger partial charge in [-0.25, -0.2) is 0 Å². The topological polar surface area (TPSA) is 105 Å². The number of carbonyl (C=O) groups excluding carboxylic acids is 1. The standard InChI is InChI=1S/C23H16ClN3O4/c24-20-11-10-19(27(29)30)13-21(20)26-23(28)18(14-25)12-17-8-4-5-9-22(17)31-15-16-6-2-1-3-7-16/h1-13H,15H2,(H,26,28)/b18-12-. The molecule has 0 radical (unpaired) electrons. The van der Waals surface area contributed by atoms with E-state index in [1.807, 2.05) is 36.4 Å². The largest absolute Gasteiger partial charge is 0.488 e. The Morgan fingerprint density at radius 3 is 2.55 bits per heavy atom. The number of nitrogens with one attached hydrogen (secondary N) is 1. The Labute approximate surface area is 183 Å². The molecular formula is C23H16ClN3O4. The van der Waals surface area contributed by atoms with Crippen molar-refractivity contribution in [2.24, 2.45) is 0 Å². The second kappa shape index (κ2) is 10.1. The minimum Gasteiger partial charge on any atom is -0.488 e. The third kappa shape index (κ3) is 5.69. The molecule has 3 rings (SSSR count). The highest BCUT2D eigenvalue weighted by atomic mass is 35.5. The smallest absolute Gasteiger partial charge is 0.271 e. The predicted octanol–water partition coefficient (Wildman–Crippen LogP) is 5.37. The van der Waals surface area contributed by atoms with Gasteiger partial charge in [-0.3, -0.25) is 14.9 Å². The molecule has 0 aromatic heterocycles. The molecule has 0 aliphatic rings. The van der Waals surface area contributed by atoms with Crippen LogP contribution in [0.25, 0.3) is 6.08 Å². The summed E-state index contributed by atoms with van der Waals surface area (Å²) in [4.78, 5) is 23.0. The monoisotopic (exact) mass is 433 g/mol. The van der Waals surface area contributed by atoms with Gasteiger partial charge in [0.2, 0.25) is 0 Å². The molecule has 31 heavy (non-hydrogen) atoms. The van der Waals surface area contributed by atoms with Crippen LogP contribution in [0.15, 0.2) is 78.4 Å². The van der Waals surface area contributed by atoms with Crippen molar-refractivity contribution in [1.29, 1.82) is 5.26 Å². The highest BCUT2D eigenvalue weighted by Gasteiger charge is 2.16. The number of nitrogens with zero attached hydrogens (tertiary/aromatic N) is 2. The molecule has 154 valence electrons. The van der Waals surface area contributed by atoms with E-state index in [-0.39, 0.29) is 22.0 Å². The van der Waals surface area contributed by atoms with E-state index in [9.17, 15) is 20.2 Å². The molecule has 0 saturated carbocycles. The van der Waals surface area contributed by atoms with Gasteiger partial charge in [-0.1, -0.05) is 60.1 Å². The summed E-state index contributed by atoms with van der Waals surface area (Å²) in [6, 6.07) is 22.1. The Kier molecular flexibility index (Phi) is 6.99. The molecule has 0 spiro atoms. The van der Waals surface area contributed by atoms with E-state index >= 15 is 0 Å². The second-order valence-corrected chi connectivity index (χ2v) is 6.76. The molecule has 0 saturated heterocycles. The summed E-state index contributed by atoms with van der Waals surface area (Å²) in [6.45, 7) is 0.322. The van der Waals surface area contributed by atoms with Gasteiger partial charge in [0.15, 0.2) is 0 Å². The number of hydrogen-bond acceptors (Lipinski definition) is 5. The third-order valence-electron chi connectivity index (χ3n) is 4.23. The summed E-state index contributed by atoms with van der Waals surface area (Å²) in [7, 11) is 0. The van der Waals surface area contributed by atoms with E-state index < -0.39 is 10.8 Å². The van der Waals surface area contributed by atoms with Crippen molar-refractivity contribution in [1.82, 2.24) is 0 Å². The van der Waals surface area contributed by atoms with E-state index in [1.54, 1.807) is 24.3 Å². The van der Waals surface area contributed by atoms with Crippen molar-refractivity contribution < 1.29 is 14.5 Å². The molecule has 1 amide bonds. The van der Waals surface area contributed by atoms with Crippen molar-refractivity contribution >= 4 is 35.0 Å². The van der Waals surface area contributed by atoms with Crippen LogP contribution in [0, 0.1) is 21.4 Å². The number of carbonyl (C=O) groups is 1. The van der Waals surface area contributed by atoms with Gasteiger partial charge < -0.3 is 10.1 Å². The Hall–Kier alpha value is -4.15. The first-order valence-electron chi connectivity index (χ1n) is 9.11. The number of nitriles is 1. The number of hydrogen-bond donors (Lipinski definition) is 1. The maximum atomic E-state index is 12.6. The molecule has 3 aromatic rings. The number of ether oxygens (including phenoxy) is 1. The van der Waals surface area contributed by atoms with Gasteiger partial charge in [0.1, 0.15) is 24.0 Å². The summed E-state index contributed by atoms with van der Waals surface area (Å²) in [5.41, 5.74) is 1.10. The molecule has 7 nitrogen and oxygen atoms in total. The van der Waals surface area contributed by atoms with Gasteiger partial charge in [0.05, 0.1) is 15.6 Å². The zero-order valence-corrected chi connectivity index (χ0v) is 16.9. The van der Waals surface area contributed by atoms with Crippen LogP contribution in [0.2, 0.25) is 5.02 Å². The minimum absolute atomic E-state index is 0.0376. The molecule has 8 heteroatoms. The summed E-state index contributed by atoms with van der Waals surface area (Å²) in [5, 5.41) is 23.0. The quantitative estimate of drug-likeness (QED) is 0.233. The number of anilines is 1. The lowest BCUT2D eigenvalue weighted by molar-refractivity contribution is -0.384. The van der Waals surface area contributed by atoms with Crippen molar-refractivity contribution in [3.63, 3.8) is 0 Å². The van der Waals surface area contributed by atoms with Crippen molar-refractivity contribution in [2.75, 3.05) is 5.32 Å². The number of halogens is 1. The van der Waals surface area contributed by atoms with Gasteiger partial charge in [-0.15, -0.1) is 0 Å². The Balaban J connectivity index is 1.82. The summed E-state index contributed by atoms with van der Waals surface area (Å²) >= 11 is 6.02. The fourth-order valence-corrected chi connectivity index (χ4v) is 2.85. The van der Waals surface area contributed by atoms with Crippen LogP contribution in [0.1, 0.15) is 11.1 Å². The van der Waals surface area contributed by atoms with Crippen LogP contribution in [-0.2, 0) is 11.4 Å². The zero-order valence-electron chi connectivity index (χ0n) is 16.1. The van der Waals surface area contributed by atoms with Crippen LogP contribution in [0.5, 0.6) is 5.75 Å². The first-order chi connectivity index (χ1) is 15.0. The normalized spacial score (nSPS) is 10.8. The average molecular weight is 434 g/mol. The summed E-state index contributed by atoms with van der Waals surface area (Å²) < 4.78 is 5.85. The average Bonchev–Trinajstić information content (AvgIpc) is 2.78. The second-order valence-electron chi connectivity index (χ2n) is 6.36. The maximum Gasteiger partial charge on any atom is 0.271 e. The van der Waals surface area contributed by atoms with Crippen LogP contribution in [0.3, 0.4) is 0 Å². The zero-order chi connectivity index (χ0) is 22.2. The van der Waals surface area contributed by atoms with E-state index in [0.29, 0.717) is 17.9 Å². The molecule has 3 aromatic carbocycles. The van der Waals surface area contributed by atoms with Gasteiger partial charge in [0, 0.05) is 17.7 Å². The maximum absolute atomic E-state index is 12.6. The fraction of sp³-hybridized carbons (Fsp3) is 0.0435. The minimum atomic E-state index is -0.747. The van der Waals surface area contributed by atoms with E-state index in [0.717, 1.165) is 11.6 Å². The molecule has 0 heterocycles. The molecule has 0 atom stereocenters. The lowest BCUT2D eigenvalue weighted by Gasteiger charge is -2.10. The first kappa shape index (κ1) is 21.6. The highest BCUT2D eigenvalue weighted by molar-refractivity contribution is 6.34. The fourth-order valence-electron chi connectivity index (χ4n) is 2.68. The van der Waals surface area contributed by atoms with Crippen LogP contribution < -0.4 is 10.1 Å². The number of rotatable bonds is 7. The molecular weight excluding hydrogens is 418 g/mol. The van der Waals surface area contributed by atoms with Crippen molar-refractivity contribution in [2.45, 2.75) is 6.61 Å². The van der Waals surface area contributed by atoms with Gasteiger partial charge >= 0.3 is 0 Å². The van der Waals surface area contributed by atoms with Gasteiger partial charge in [-0.2, -0.15) is 5.26 Å². The number of para-hydroxylation sites is 1.